The fourth-order valence-electron chi connectivity index (χ4n) is 2.03. The Hall–Kier alpha value is -1.22. The predicted molar refractivity (Wildman–Crippen MR) is 91.2 cm³/mol. The molecule has 126 valence electrons. The minimum Gasteiger partial charge on any atom is -0.461 e. The molecule has 1 fully saturated rings. The molecule has 2 rings (SSSR count). The minimum atomic E-state index is -0.514. The van der Waals surface area contributed by atoms with Crippen molar-refractivity contribution in [3.05, 3.63) is 21.6 Å². The maximum atomic E-state index is 11.7. The quantitative estimate of drug-likeness (QED) is 0.655. The zero-order chi connectivity index (χ0) is 17.3. The van der Waals surface area contributed by atoms with Crippen molar-refractivity contribution in [3.63, 3.8) is 0 Å². The number of thiazole rings is 1. The number of nitrogens with two attached hydrogens (primary N) is 1. The molecule has 0 spiro atoms. The summed E-state index contributed by atoms with van der Waals surface area (Å²) in [4.78, 5) is 15.9. The van der Waals surface area contributed by atoms with Gasteiger partial charge in [0.15, 0.2) is 5.69 Å². The second kappa shape index (κ2) is 6.72. The maximum absolute atomic E-state index is 11.7. The molecule has 1 aliphatic rings. The molecule has 0 bridgehead atoms. The third-order valence-electron chi connectivity index (χ3n) is 4.11. The van der Waals surface area contributed by atoms with Crippen LogP contribution in [0.1, 0.15) is 50.1 Å². The van der Waals surface area contributed by atoms with Gasteiger partial charge in [-0.3, -0.25) is 0 Å². The molecular weight excluding hydrogens is 315 g/mol. The molecule has 1 saturated heterocycles. The Morgan fingerprint density at radius 2 is 2.00 bits per heavy atom. The molecule has 0 amide bonds. The van der Waals surface area contributed by atoms with Gasteiger partial charge >= 0.3 is 13.1 Å². The highest BCUT2D eigenvalue weighted by atomic mass is 32.1. The molecule has 0 aromatic carbocycles. The first-order valence-corrected chi connectivity index (χ1v) is 8.47. The summed E-state index contributed by atoms with van der Waals surface area (Å²) in [7, 11) is -0.514. The molecule has 6 nitrogen and oxygen atoms in total. The zero-order valence-corrected chi connectivity index (χ0v) is 15.0. The van der Waals surface area contributed by atoms with Gasteiger partial charge in [-0.2, -0.15) is 0 Å². The Labute approximate surface area is 141 Å². The number of carbonyl (C=O) groups is 1. The standard InChI is InChI=1S/C15H23BN2O4S/c1-6-20-13(19)11-9-23-12(18-11)7-10(8-17)16-21-14(2,3)15(4,5)22-16/h7,9H,6,8,17H2,1-5H3. The van der Waals surface area contributed by atoms with Gasteiger partial charge in [-0.15, -0.1) is 11.3 Å². The highest BCUT2D eigenvalue weighted by Gasteiger charge is 2.52. The van der Waals surface area contributed by atoms with Crippen molar-refractivity contribution >= 4 is 30.5 Å². The molecule has 0 saturated carbocycles. The lowest BCUT2D eigenvalue weighted by Gasteiger charge is -2.32. The number of esters is 1. The third kappa shape index (κ3) is 3.83. The van der Waals surface area contributed by atoms with E-state index >= 15 is 0 Å². The monoisotopic (exact) mass is 338 g/mol. The van der Waals surface area contributed by atoms with Crippen molar-refractivity contribution in [2.45, 2.75) is 45.8 Å². The van der Waals surface area contributed by atoms with Gasteiger partial charge in [0.05, 0.1) is 17.8 Å². The van der Waals surface area contributed by atoms with Gasteiger partial charge in [0, 0.05) is 11.9 Å². The van der Waals surface area contributed by atoms with E-state index in [0.29, 0.717) is 17.3 Å². The number of nitrogens with zero attached hydrogens (tertiary/aromatic N) is 1. The van der Waals surface area contributed by atoms with Crippen LogP contribution in [0, 0.1) is 0 Å². The van der Waals surface area contributed by atoms with E-state index in [-0.39, 0.29) is 6.54 Å². The van der Waals surface area contributed by atoms with Crippen LogP contribution in [0.3, 0.4) is 0 Å². The van der Waals surface area contributed by atoms with Crippen LogP contribution in [-0.4, -0.2) is 42.4 Å². The molecule has 2 N–H and O–H groups in total. The topological polar surface area (TPSA) is 83.7 Å². The summed E-state index contributed by atoms with van der Waals surface area (Å²) in [5, 5.41) is 2.34. The van der Waals surface area contributed by atoms with Crippen LogP contribution >= 0.6 is 11.3 Å². The number of hydrogen-bond donors (Lipinski definition) is 1. The van der Waals surface area contributed by atoms with E-state index in [0.717, 1.165) is 5.47 Å². The van der Waals surface area contributed by atoms with Crippen LogP contribution in [0.15, 0.2) is 10.9 Å². The average molecular weight is 338 g/mol. The summed E-state index contributed by atoms with van der Waals surface area (Å²) in [6.45, 7) is 10.3. The summed E-state index contributed by atoms with van der Waals surface area (Å²) in [5.41, 5.74) is 6.08. The van der Waals surface area contributed by atoms with Crippen molar-refractivity contribution in [2.75, 3.05) is 13.2 Å². The van der Waals surface area contributed by atoms with Gasteiger partial charge in [-0.1, -0.05) is 0 Å². The predicted octanol–water partition coefficient (Wildman–Crippen LogP) is 2.29. The number of carbonyl (C=O) groups excluding carboxylic acids is 1. The first kappa shape index (κ1) is 18.1. The Balaban J connectivity index is 2.19. The van der Waals surface area contributed by atoms with Crippen molar-refractivity contribution in [1.29, 1.82) is 0 Å². The van der Waals surface area contributed by atoms with Crippen molar-refractivity contribution in [1.82, 2.24) is 4.98 Å². The molecule has 1 aliphatic heterocycles. The van der Waals surface area contributed by atoms with Crippen LogP contribution in [0.4, 0.5) is 0 Å². The number of ether oxygens (including phenoxy) is 1. The third-order valence-corrected chi connectivity index (χ3v) is 4.90. The lowest BCUT2D eigenvalue weighted by atomic mass is 9.78. The summed E-state index contributed by atoms with van der Waals surface area (Å²) in [5.74, 6) is -0.423. The van der Waals surface area contributed by atoms with E-state index in [1.807, 2.05) is 33.8 Å². The lowest BCUT2D eigenvalue weighted by Crippen LogP contribution is -2.41. The van der Waals surface area contributed by atoms with Gasteiger partial charge < -0.3 is 19.8 Å². The van der Waals surface area contributed by atoms with E-state index in [9.17, 15) is 4.79 Å². The summed E-state index contributed by atoms with van der Waals surface area (Å²) in [6, 6.07) is 0. The highest BCUT2D eigenvalue weighted by molar-refractivity contribution is 7.10. The number of hydrogen-bond acceptors (Lipinski definition) is 7. The first-order valence-electron chi connectivity index (χ1n) is 7.59. The van der Waals surface area contributed by atoms with Gasteiger partial charge in [-0.25, -0.2) is 9.78 Å². The number of rotatable bonds is 5. The number of aromatic nitrogens is 1. The zero-order valence-electron chi connectivity index (χ0n) is 14.2. The molecule has 2 heterocycles. The Morgan fingerprint density at radius 1 is 1.39 bits per heavy atom. The van der Waals surface area contributed by atoms with Gasteiger partial charge in [-0.05, 0) is 46.2 Å². The molecule has 0 aliphatic carbocycles. The second-order valence-corrected chi connectivity index (χ2v) is 7.19. The minimum absolute atomic E-state index is 0.283. The van der Waals surface area contributed by atoms with E-state index < -0.39 is 24.3 Å². The lowest BCUT2D eigenvalue weighted by molar-refractivity contribution is 0.00578. The van der Waals surface area contributed by atoms with Crippen LogP contribution in [-0.2, 0) is 14.0 Å². The van der Waals surface area contributed by atoms with E-state index in [1.165, 1.54) is 11.3 Å². The Morgan fingerprint density at radius 3 is 2.52 bits per heavy atom. The average Bonchev–Trinajstić information content (AvgIpc) is 2.99. The van der Waals surface area contributed by atoms with Gasteiger partial charge in [0.1, 0.15) is 5.01 Å². The normalized spacial score (nSPS) is 19.9. The second-order valence-electron chi connectivity index (χ2n) is 6.30. The van der Waals surface area contributed by atoms with Gasteiger partial charge in [0.2, 0.25) is 0 Å². The molecule has 1 aromatic rings. The fraction of sp³-hybridized carbons (Fsp3) is 0.600. The molecule has 0 unspecified atom stereocenters. The van der Waals surface area contributed by atoms with Crippen LogP contribution in [0.2, 0.25) is 0 Å². The smallest absolute Gasteiger partial charge is 0.461 e. The summed E-state index contributed by atoms with van der Waals surface area (Å²) in [6.07, 6.45) is 1.82. The van der Waals surface area contributed by atoms with Gasteiger partial charge in [0.25, 0.3) is 0 Å². The molecule has 1 aromatic heterocycles. The fourth-order valence-corrected chi connectivity index (χ4v) is 2.78. The van der Waals surface area contributed by atoms with E-state index in [1.54, 1.807) is 12.3 Å². The van der Waals surface area contributed by atoms with Crippen molar-refractivity contribution in [2.24, 2.45) is 5.73 Å². The van der Waals surface area contributed by atoms with E-state index in [4.69, 9.17) is 19.8 Å². The molecule has 8 heteroatoms. The molecule has 0 radical (unpaired) electrons. The summed E-state index contributed by atoms with van der Waals surface area (Å²) >= 11 is 1.35. The molecule has 23 heavy (non-hydrogen) atoms. The van der Waals surface area contributed by atoms with Crippen molar-refractivity contribution < 1.29 is 18.8 Å². The maximum Gasteiger partial charge on any atom is 0.491 e. The first-order chi connectivity index (χ1) is 10.7. The highest BCUT2D eigenvalue weighted by Crippen LogP contribution is 2.38. The largest absolute Gasteiger partial charge is 0.491 e. The molecule has 0 atom stereocenters. The SMILES string of the molecule is CCOC(=O)c1csc(C=C(CN)B2OC(C)(C)C(C)(C)O2)n1. The van der Waals surface area contributed by atoms with E-state index in [2.05, 4.69) is 4.98 Å². The van der Waals surface area contributed by atoms with Crippen molar-refractivity contribution in [3.8, 4) is 0 Å². The Bertz CT molecular complexity index is 596. The Kier molecular flexibility index (Phi) is 5.30. The summed E-state index contributed by atoms with van der Waals surface area (Å²) < 4.78 is 16.9. The van der Waals surface area contributed by atoms with Crippen LogP contribution in [0.25, 0.3) is 6.08 Å². The molecular formula is C15H23BN2O4S. The van der Waals surface area contributed by atoms with Crippen LogP contribution in [0.5, 0.6) is 0 Å². The van der Waals surface area contributed by atoms with Crippen LogP contribution < -0.4 is 5.73 Å².